The first-order valence-corrected chi connectivity index (χ1v) is 7.24. The van der Waals surface area contributed by atoms with Crippen molar-refractivity contribution in [2.45, 2.75) is 64.2 Å². The molecule has 0 saturated heterocycles. The van der Waals surface area contributed by atoms with Crippen LogP contribution in [0.15, 0.2) is 0 Å². The van der Waals surface area contributed by atoms with Crippen molar-refractivity contribution < 1.29 is 13.2 Å². The molecule has 2 nitrogen and oxygen atoms in total. The molecular weight excluding hydrogens is 253 g/mol. The van der Waals surface area contributed by atoms with Gasteiger partial charge in [-0.1, -0.05) is 20.3 Å². The average Bonchev–Trinajstić information content (AvgIpc) is 2.34. The molecule has 1 saturated carbocycles. The van der Waals surface area contributed by atoms with Crippen LogP contribution in [0, 0.1) is 11.8 Å². The van der Waals surface area contributed by atoms with Gasteiger partial charge in [0, 0.05) is 12.1 Å². The third-order valence-corrected chi connectivity index (χ3v) is 4.40. The molecule has 1 fully saturated rings. The van der Waals surface area contributed by atoms with E-state index in [0.717, 1.165) is 19.4 Å². The maximum Gasteiger partial charge on any atom is 0.391 e. The molecule has 1 aliphatic carbocycles. The van der Waals surface area contributed by atoms with Crippen LogP contribution in [0.2, 0.25) is 0 Å². The van der Waals surface area contributed by atoms with Crippen LogP contribution in [0.4, 0.5) is 13.2 Å². The summed E-state index contributed by atoms with van der Waals surface area (Å²) >= 11 is 0. The largest absolute Gasteiger partial charge is 0.391 e. The molecule has 0 aromatic heterocycles. The summed E-state index contributed by atoms with van der Waals surface area (Å²) in [6.45, 7) is 4.94. The highest BCUT2D eigenvalue weighted by atomic mass is 19.4. The van der Waals surface area contributed by atoms with Gasteiger partial charge in [-0.3, -0.25) is 0 Å². The summed E-state index contributed by atoms with van der Waals surface area (Å²) in [6, 6.07) is 0.184. The molecule has 3 atom stereocenters. The van der Waals surface area contributed by atoms with Crippen LogP contribution in [-0.4, -0.2) is 36.8 Å². The minimum Gasteiger partial charge on any atom is -0.327 e. The molecule has 1 rings (SSSR count). The van der Waals surface area contributed by atoms with Crippen molar-refractivity contribution in [3.63, 3.8) is 0 Å². The van der Waals surface area contributed by atoms with E-state index in [1.54, 1.807) is 0 Å². The van der Waals surface area contributed by atoms with Crippen molar-refractivity contribution in [2.75, 3.05) is 13.6 Å². The highest BCUT2D eigenvalue weighted by Crippen LogP contribution is 2.38. The maximum absolute atomic E-state index is 12.8. The topological polar surface area (TPSA) is 29.3 Å². The van der Waals surface area contributed by atoms with Gasteiger partial charge in [0.15, 0.2) is 0 Å². The van der Waals surface area contributed by atoms with Crippen LogP contribution in [0.3, 0.4) is 0 Å². The first kappa shape index (κ1) is 16.8. The fraction of sp³-hybridized carbons (Fsp3) is 1.00. The Hall–Kier alpha value is -0.290. The second-order valence-electron chi connectivity index (χ2n) is 6.24. The van der Waals surface area contributed by atoms with E-state index in [9.17, 15) is 13.2 Å². The molecule has 0 spiro atoms. The summed E-state index contributed by atoms with van der Waals surface area (Å²) in [5, 5.41) is 0. The summed E-state index contributed by atoms with van der Waals surface area (Å²) in [6.07, 6.45) is -1.10. The predicted octanol–water partition coefficient (Wildman–Crippen LogP) is 3.41. The molecule has 0 bridgehead atoms. The predicted molar refractivity (Wildman–Crippen MR) is 71.9 cm³/mol. The summed E-state index contributed by atoms with van der Waals surface area (Å²) in [4.78, 5) is 2.07. The lowest BCUT2D eigenvalue weighted by molar-refractivity contribution is -0.186. The molecule has 2 N–H and O–H groups in total. The molecule has 3 unspecified atom stereocenters. The Morgan fingerprint density at radius 1 is 1.26 bits per heavy atom. The van der Waals surface area contributed by atoms with Crippen molar-refractivity contribution in [1.82, 2.24) is 4.90 Å². The molecular formula is C14H27F3N2. The zero-order chi connectivity index (χ0) is 14.6. The number of hydrogen-bond donors (Lipinski definition) is 1. The van der Waals surface area contributed by atoms with Crippen LogP contribution < -0.4 is 5.73 Å². The van der Waals surface area contributed by atoms with Crippen molar-refractivity contribution in [2.24, 2.45) is 17.6 Å². The van der Waals surface area contributed by atoms with Gasteiger partial charge >= 0.3 is 6.18 Å². The van der Waals surface area contributed by atoms with Gasteiger partial charge in [-0.25, -0.2) is 0 Å². The maximum atomic E-state index is 12.8. The standard InChI is InChI=1S/C14H27F3N2/c1-10(2)13(18)7-8-19(3)12-6-4-5-11(9-12)14(15,16)17/h10-13H,4-9,18H2,1-3H3. The number of halogens is 3. The molecule has 0 aliphatic heterocycles. The van der Waals surface area contributed by atoms with Crippen molar-refractivity contribution >= 4 is 0 Å². The lowest BCUT2D eigenvalue weighted by Gasteiger charge is -2.36. The normalized spacial score (nSPS) is 27.0. The van der Waals surface area contributed by atoms with Crippen molar-refractivity contribution in [3.05, 3.63) is 0 Å². The Kier molecular flexibility index (Phi) is 6.12. The monoisotopic (exact) mass is 280 g/mol. The molecule has 0 amide bonds. The average molecular weight is 280 g/mol. The highest BCUT2D eigenvalue weighted by Gasteiger charge is 2.42. The number of nitrogens with zero attached hydrogens (tertiary/aromatic N) is 1. The minimum atomic E-state index is -4.03. The number of nitrogens with two attached hydrogens (primary N) is 1. The molecule has 0 aromatic rings. The van der Waals surface area contributed by atoms with E-state index in [2.05, 4.69) is 18.7 Å². The Morgan fingerprint density at radius 2 is 1.89 bits per heavy atom. The molecule has 19 heavy (non-hydrogen) atoms. The van der Waals surface area contributed by atoms with Crippen molar-refractivity contribution in [1.29, 1.82) is 0 Å². The molecule has 1 aliphatic rings. The van der Waals surface area contributed by atoms with E-state index < -0.39 is 12.1 Å². The first-order chi connectivity index (χ1) is 8.71. The Labute approximate surface area is 114 Å². The third kappa shape index (κ3) is 5.30. The molecule has 114 valence electrons. The molecule has 5 heteroatoms. The third-order valence-electron chi connectivity index (χ3n) is 4.40. The van der Waals surface area contributed by atoms with Gasteiger partial charge in [0.05, 0.1) is 5.92 Å². The SMILES string of the molecule is CC(C)C(N)CCN(C)C1CCCC(C(F)(F)F)C1. The van der Waals surface area contributed by atoms with E-state index in [1.807, 2.05) is 7.05 Å². The van der Waals surface area contributed by atoms with Gasteiger partial charge in [-0.05, 0) is 45.2 Å². The van der Waals surface area contributed by atoms with Crippen LogP contribution in [0.5, 0.6) is 0 Å². The highest BCUT2D eigenvalue weighted by molar-refractivity contribution is 4.83. The van der Waals surface area contributed by atoms with Gasteiger partial charge in [0.25, 0.3) is 0 Å². The van der Waals surface area contributed by atoms with Gasteiger partial charge in [0.1, 0.15) is 0 Å². The van der Waals surface area contributed by atoms with Crippen LogP contribution in [0.25, 0.3) is 0 Å². The second-order valence-corrected chi connectivity index (χ2v) is 6.24. The Morgan fingerprint density at radius 3 is 2.42 bits per heavy atom. The van der Waals surface area contributed by atoms with E-state index >= 15 is 0 Å². The van der Waals surface area contributed by atoms with Crippen molar-refractivity contribution in [3.8, 4) is 0 Å². The van der Waals surface area contributed by atoms with E-state index in [4.69, 9.17) is 5.73 Å². The zero-order valence-corrected chi connectivity index (χ0v) is 12.2. The molecule has 0 heterocycles. The first-order valence-electron chi connectivity index (χ1n) is 7.24. The van der Waals surface area contributed by atoms with Crippen LogP contribution >= 0.6 is 0 Å². The summed E-state index contributed by atoms with van der Waals surface area (Å²) in [5.74, 6) is -0.699. The van der Waals surface area contributed by atoms with Crippen LogP contribution in [0.1, 0.15) is 46.0 Å². The minimum absolute atomic E-state index is 0.0553. The fourth-order valence-electron chi connectivity index (χ4n) is 2.73. The van der Waals surface area contributed by atoms with E-state index in [-0.39, 0.29) is 18.5 Å². The molecule has 0 aromatic carbocycles. The van der Waals surface area contributed by atoms with Gasteiger partial charge < -0.3 is 10.6 Å². The van der Waals surface area contributed by atoms with Gasteiger partial charge in [-0.2, -0.15) is 13.2 Å². The number of rotatable bonds is 5. The molecule has 0 radical (unpaired) electrons. The second kappa shape index (κ2) is 6.93. The van der Waals surface area contributed by atoms with Gasteiger partial charge in [-0.15, -0.1) is 0 Å². The summed E-state index contributed by atoms with van der Waals surface area (Å²) < 4.78 is 38.3. The summed E-state index contributed by atoms with van der Waals surface area (Å²) in [5.41, 5.74) is 5.98. The lowest BCUT2D eigenvalue weighted by atomic mass is 9.84. The number of hydrogen-bond acceptors (Lipinski definition) is 2. The summed E-state index contributed by atoms with van der Waals surface area (Å²) in [7, 11) is 1.93. The quantitative estimate of drug-likeness (QED) is 0.836. The lowest BCUT2D eigenvalue weighted by Crippen LogP contribution is -2.42. The Bertz CT molecular complexity index is 266. The van der Waals surface area contributed by atoms with E-state index in [1.165, 1.54) is 0 Å². The van der Waals surface area contributed by atoms with E-state index in [0.29, 0.717) is 18.8 Å². The Balaban J connectivity index is 2.42. The smallest absolute Gasteiger partial charge is 0.327 e. The van der Waals surface area contributed by atoms with Gasteiger partial charge in [0.2, 0.25) is 0 Å². The number of alkyl halides is 3. The van der Waals surface area contributed by atoms with Crippen LogP contribution in [-0.2, 0) is 0 Å². The fourth-order valence-corrected chi connectivity index (χ4v) is 2.73. The zero-order valence-electron chi connectivity index (χ0n) is 12.2.